The third kappa shape index (κ3) is 2.77. The van der Waals surface area contributed by atoms with Gasteiger partial charge in [-0.25, -0.2) is 0 Å². The molecule has 1 atom stereocenters. The summed E-state index contributed by atoms with van der Waals surface area (Å²) >= 11 is 1.17. The van der Waals surface area contributed by atoms with Crippen LogP contribution in [0.3, 0.4) is 0 Å². The molecule has 3 N–H and O–H groups in total. The standard InChI is InChI=1S/C11H18N4O2S/c1-7(8-4-2-3-5-8)15-10(12)13-14-11(15)18-6-9(16)17/h7-8H,2-6H2,1H3,(H2,12,13)(H,16,17). The zero-order valence-electron chi connectivity index (χ0n) is 10.4. The maximum Gasteiger partial charge on any atom is 0.313 e. The second-order valence-corrected chi connectivity index (χ2v) is 5.62. The summed E-state index contributed by atoms with van der Waals surface area (Å²) in [4.78, 5) is 10.6. The number of rotatable bonds is 5. The maximum absolute atomic E-state index is 10.6. The molecule has 1 aliphatic carbocycles. The van der Waals surface area contributed by atoms with Gasteiger partial charge in [0.25, 0.3) is 0 Å². The van der Waals surface area contributed by atoms with E-state index in [4.69, 9.17) is 10.8 Å². The van der Waals surface area contributed by atoms with Crippen LogP contribution in [0.1, 0.15) is 38.6 Å². The second kappa shape index (κ2) is 5.60. The Morgan fingerprint density at radius 3 is 2.83 bits per heavy atom. The van der Waals surface area contributed by atoms with E-state index in [2.05, 4.69) is 17.1 Å². The number of aromatic nitrogens is 3. The van der Waals surface area contributed by atoms with E-state index in [1.54, 1.807) is 0 Å². The summed E-state index contributed by atoms with van der Waals surface area (Å²) in [6, 6.07) is 0.235. The fourth-order valence-electron chi connectivity index (χ4n) is 2.55. The first-order valence-corrected chi connectivity index (χ1v) is 7.13. The fourth-order valence-corrected chi connectivity index (χ4v) is 3.30. The van der Waals surface area contributed by atoms with E-state index in [9.17, 15) is 4.79 Å². The van der Waals surface area contributed by atoms with E-state index >= 15 is 0 Å². The number of aliphatic carboxylic acids is 1. The van der Waals surface area contributed by atoms with Crippen LogP contribution in [-0.2, 0) is 4.79 Å². The number of nitrogens with two attached hydrogens (primary N) is 1. The maximum atomic E-state index is 10.6. The molecule has 7 heteroatoms. The van der Waals surface area contributed by atoms with Gasteiger partial charge in [-0.2, -0.15) is 0 Å². The molecule has 2 rings (SSSR count). The minimum Gasteiger partial charge on any atom is -0.481 e. The highest BCUT2D eigenvalue weighted by Crippen LogP contribution is 2.36. The Labute approximate surface area is 110 Å². The summed E-state index contributed by atoms with van der Waals surface area (Å²) in [6.07, 6.45) is 4.91. The molecule has 0 aromatic carbocycles. The van der Waals surface area contributed by atoms with E-state index < -0.39 is 5.97 Å². The zero-order valence-corrected chi connectivity index (χ0v) is 11.2. The van der Waals surface area contributed by atoms with Crippen molar-refractivity contribution in [1.29, 1.82) is 0 Å². The molecule has 1 unspecified atom stereocenters. The van der Waals surface area contributed by atoms with Crippen LogP contribution in [0.15, 0.2) is 5.16 Å². The molecule has 0 spiro atoms. The van der Waals surface area contributed by atoms with Crippen molar-refractivity contribution in [2.45, 2.75) is 43.8 Å². The summed E-state index contributed by atoms with van der Waals surface area (Å²) in [5.41, 5.74) is 5.84. The topological polar surface area (TPSA) is 94.0 Å². The molecule has 0 bridgehead atoms. The fraction of sp³-hybridized carbons (Fsp3) is 0.727. The largest absolute Gasteiger partial charge is 0.481 e. The molecular formula is C11H18N4O2S. The van der Waals surface area contributed by atoms with Gasteiger partial charge in [0.05, 0.1) is 5.75 Å². The molecular weight excluding hydrogens is 252 g/mol. The van der Waals surface area contributed by atoms with E-state index in [0.717, 1.165) is 0 Å². The average Bonchev–Trinajstić information content (AvgIpc) is 2.94. The molecule has 100 valence electrons. The third-order valence-electron chi connectivity index (χ3n) is 3.50. The first-order chi connectivity index (χ1) is 8.59. The molecule has 0 amide bonds. The van der Waals surface area contributed by atoms with Crippen LogP contribution in [-0.4, -0.2) is 31.6 Å². The highest BCUT2D eigenvalue weighted by atomic mass is 32.2. The third-order valence-corrected chi connectivity index (χ3v) is 4.43. The van der Waals surface area contributed by atoms with Crippen LogP contribution in [0.5, 0.6) is 0 Å². The van der Waals surface area contributed by atoms with Crippen LogP contribution in [0.2, 0.25) is 0 Å². The lowest BCUT2D eigenvalue weighted by atomic mass is 10.00. The molecule has 1 fully saturated rings. The second-order valence-electron chi connectivity index (χ2n) is 4.68. The molecule has 18 heavy (non-hydrogen) atoms. The zero-order chi connectivity index (χ0) is 13.1. The molecule has 1 aromatic heterocycles. The van der Waals surface area contributed by atoms with Gasteiger partial charge in [-0.05, 0) is 25.7 Å². The number of anilines is 1. The summed E-state index contributed by atoms with van der Waals surface area (Å²) in [5.74, 6) is 0.0895. The predicted octanol–water partition coefficient (Wildman–Crippen LogP) is 1.79. The van der Waals surface area contributed by atoms with E-state index in [0.29, 0.717) is 17.0 Å². The van der Waals surface area contributed by atoms with Crippen molar-refractivity contribution in [2.24, 2.45) is 5.92 Å². The summed E-state index contributed by atoms with van der Waals surface area (Å²) in [7, 11) is 0. The first-order valence-electron chi connectivity index (χ1n) is 6.14. The van der Waals surface area contributed by atoms with Crippen molar-refractivity contribution in [3.8, 4) is 0 Å². The molecule has 1 aromatic rings. The van der Waals surface area contributed by atoms with E-state index in [1.807, 2.05) is 4.57 Å². The Kier molecular flexibility index (Phi) is 4.11. The average molecular weight is 270 g/mol. The van der Waals surface area contributed by atoms with Crippen molar-refractivity contribution in [3.05, 3.63) is 0 Å². The number of hydrogen-bond donors (Lipinski definition) is 2. The number of nitrogen functional groups attached to an aromatic ring is 1. The van der Waals surface area contributed by atoms with Crippen LogP contribution in [0, 0.1) is 5.92 Å². The van der Waals surface area contributed by atoms with Crippen LogP contribution < -0.4 is 5.73 Å². The van der Waals surface area contributed by atoms with Crippen molar-refractivity contribution in [2.75, 3.05) is 11.5 Å². The number of carboxylic acid groups (broad SMARTS) is 1. The Balaban J connectivity index is 2.14. The predicted molar refractivity (Wildman–Crippen MR) is 69.5 cm³/mol. The molecule has 0 radical (unpaired) electrons. The lowest BCUT2D eigenvalue weighted by molar-refractivity contribution is -0.133. The smallest absolute Gasteiger partial charge is 0.313 e. The molecule has 1 aliphatic rings. The lowest BCUT2D eigenvalue weighted by Crippen LogP contribution is -2.17. The van der Waals surface area contributed by atoms with Gasteiger partial charge in [-0.3, -0.25) is 9.36 Å². The minimum absolute atomic E-state index is 0.0183. The van der Waals surface area contributed by atoms with Gasteiger partial charge in [0.1, 0.15) is 0 Å². The van der Waals surface area contributed by atoms with Gasteiger partial charge >= 0.3 is 5.97 Å². The lowest BCUT2D eigenvalue weighted by Gasteiger charge is -2.22. The normalized spacial score (nSPS) is 18.1. The van der Waals surface area contributed by atoms with Gasteiger partial charge in [0.15, 0.2) is 5.16 Å². The van der Waals surface area contributed by atoms with Crippen molar-refractivity contribution in [1.82, 2.24) is 14.8 Å². The molecule has 1 heterocycles. The number of carboxylic acids is 1. The SMILES string of the molecule is CC(C1CCCC1)n1c(N)nnc1SCC(=O)O. The Bertz CT molecular complexity index is 429. The van der Waals surface area contributed by atoms with Crippen LogP contribution in [0.25, 0.3) is 0 Å². The van der Waals surface area contributed by atoms with Gasteiger partial charge in [-0.15, -0.1) is 10.2 Å². The van der Waals surface area contributed by atoms with Crippen molar-refractivity contribution in [3.63, 3.8) is 0 Å². The van der Waals surface area contributed by atoms with Crippen LogP contribution >= 0.6 is 11.8 Å². The van der Waals surface area contributed by atoms with Crippen LogP contribution in [0.4, 0.5) is 5.95 Å². The number of thioether (sulfide) groups is 1. The van der Waals surface area contributed by atoms with E-state index in [1.165, 1.54) is 37.4 Å². The minimum atomic E-state index is -0.860. The quantitative estimate of drug-likeness (QED) is 0.792. The van der Waals surface area contributed by atoms with Gasteiger partial charge in [-0.1, -0.05) is 24.6 Å². The van der Waals surface area contributed by atoms with Gasteiger partial charge in [0.2, 0.25) is 5.95 Å². The van der Waals surface area contributed by atoms with Gasteiger partial charge < -0.3 is 10.8 Å². The van der Waals surface area contributed by atoms with Gasteiger partial charge in [0, 0.05) is 6.04 Å². The van der Waals surface area contributed by atoms with Crippen molar-refractivity contribution >= 4 is 23.7 Å². The first kappa shape index (κ1) is 13.2. The Morgan fingerprint density at radius 1 is 1.56 bits per heavy atom. The molecule has 0 aliphatic heterocycles. The number of nitrogens with zero attached hydrogens (tertiary/aromatic N) is 3. The highest BCUT2D eigenvalue weighted by Gasteiger charge is 2.26. The number of carbonyl (C=O) groups is 1. The Hall–Kier alpha value is -1.24. The summed E-state index contributed by atoms with van der Waals surface area (Å²) < 4.78 is 1.88. The monoisotopic (exact) mass is 270 g/mol. The summed E-state index contributed by atoms with van der Waals surface area (Å²) in [6.45, 7) is 2.11. The van der Waals surface area contributed by atoms with E-state index in [-0.39, 0.29) is 11.8 Å². The Morgan fingerprint density at radius 2 is 2.22 bits per heavy atom. The summed E-state index contributed by atoms with van der Waals surface area (Å²) in [5, 5.41) is 17.2. The molecule has 1 saturated carbocycles. The molecule has 0 saturated heterocycles. The van der Waals surface area contributed by atoms with Crippen molar-refractivity contribution < 1.29 is 9.90 Å². The molecule has 6 nitrogen and oxygen atoms in total. The highest BCUT2D eigenvalue weighted by molar-refractivity contribution is 7.99. The number of hydrogen-bond acceptors (Lipinski definition) is 5.